The molecule has 1 N–H and O–H groups in total. The van der Waals surface area contributed by atoms with Gasteiger partial charge in [0.1, 0.15) is 5.82 Å². The molecule has 1 unspecified atom stereocenters. The van der Waals surface area contributed by atoms with Crippen molar-refractivity contribution in [2.45, 2.75) is 45.4 Å². The van der Waals surface area contributed by atoms with Gasteiger partial charge in [-0.25, -0.2) is 14.5 Å². The average molecular weight is 478 g/mol. The van der Waals surface area contributed by atoms with Gasteiger partial charge < -0.3 is 9.30 Å². The number of nitrogens with one attached hydrogen (secondary N) is 1. The number of fused-ring (bicyclic) bond motifs is 1. The van der Waals surface area contributed by atoms with E-state index in [9.17, 15) is 0 Å². The molecule has 0 bridgehead atoms. The lowest BCUT2D eigenvalue weighted by atomic mass is 10.1. The number of ether oxygens (including phenoxy) is 1. The molecular formula is C26H28ClN5O2. The number of hydrogen-bond donors (Lipinski definition) is 1. The second-order valence-electron chi connectivity index (χ2n) is 8.36. The zero-order valence-corrected chi connectivity index (χ0v) is 20.0. The molecular weight excluding hydrogens is 450 g/mol. The minimum atomic E-state index is -0.232. The van der Waals surface area contributed by atoms with Crippen molar-refractivity contribution in [1.29, 1.82) is 0 Å². The lowest BCUT2D eigenvalue weighted by Crippen LogP contribution is -2.28. The predicted octanol–water partition coefficient (Wildman–Crippen LogP) is 5.50. The van der Waals surface area contributed by atoms with Crippen LogP contribution in [0.1, 0.15) is 43.3 Å². The summed E-state index contributed by atoms with van der Waals surface area (Å²) in [6.07, 6.45) is 5.29. The average Bonchev–Trinajstić information content (AvgIpc) is 3.46. The monoisotopic (exact) mass is 477 g/mol. The molecule has 1 atom stereocenters. The van der Waals surface area contributed by atoms with E-state index in [-0.39, 0.29) is 6.29 Å². The molecule has 2 aromatic carbocycles. The minimum absolute atomic E-state index is 0.232. The van der Waals surface area contributed by atoms with E-state index in [1.54, 1.807) is 6.20 Å². The van der Waals surface area contributed by atoms with Crippen LogP contribution in [0, 0.1) is 0 Å². The Morgan fingerprint density at radius 3 is 2.94 bits per heavy atom. The molecule has 0 aliphatic carbocycles. The van der Waals surface area contributed by atoms with Gasteiger partial charge >= 0.3 is 0 Å². The Bertz CT molecular complexity index is 1310. The zero-order chi connectivity index (χ0) is 23.5. The smallest absolute Gasteiger partial charge is 0.183 e. The van der Waals surface area contributed by atoms with E-state index in [2.05, 4.69) is 34.7 Å². The number of hydroxylamine groups is 1. The predicted molar refractivity (Wildman–Crippen MR) is 134 cm³/mol. The van der Waals surface area contributed by atoms with Crippen LogP contribution in [0.4, 0.5) is 0 Å². The van der Waals surface area contributed by atoms with Crippen LogP contribution in [0.15, 0.2) is 61.3 Å². The van der Waals surface area contributed by atoms with E-state index in [1.165, 1.54) is 0 Å². The normalized spacial score (nSPS) is 16.1. The van der Waals surface area contributed by atoms with Gasteiger partial charge in [0.25, 0.3) is 0 Å². The third kappa shape index (κ3) is 4.73. The molecule has 2 aromatic heterocycles. The Balaban J connectivity index is 1.38. The summed E-state index contributed by atoms with van der Waals surface area (Å²) in [5, 5.41) is 5.19. The first-order chi connectivity index (χ1) is 16.6. The molecule has 0 saturated carbocycles. The molecule has 8 heteroatoms. The fraction of sp³-hybridized carbons (Fsp3) is 0.308. The lowest BCUT2D eigenvalue weighted by molar-refractivity contribution is -0.184. The number of imidazole rings is 1. The summed E-state index contributed by atoms with van der Waals surface area (Å²) in [4.78, 5) is 10.6. The first-order valence-corrected chi connectivity index (χ1v) is 12.0. The zero-order valence-electron chi connectivity index (χ0n) is 19.2. The van der Waals surface area contributed by atoms with Gasteiger partial charge in [-0.3, -0.25) is 5.48 Å². The Morgan fingerprint density at radius 1 is 1.24 bits per heavy atom. The molecule has 34 heavy (non-hydrogen) atoms. The maximum absolute atomic E-state index is 6.20. The molecule has 0 amide bonds. The van der Waals surface area contributed by atoms with E-state index >= 15 is 0 Å². The molecule has 0 radical (unpaired) electrons. The van der Waals surface area contributed by atoms with Crippen LogP contribution in [-0.4, -0.2) is 32.2 Å². The minimum Gasteiger partial charge on any atom is -0.350 e. The van der Waals surface area contributed by atoms with Crippen LogP contribution in [0.25, 0.3) is 22.4 Å². The summed E-state index contributed by atoms with van der Waals surface area (Å²) in [5.41, 5.74) is 8.54. The quantitative estimate of drug-likeness (QED) is 0.339. The van der Waals surface area contributed by atoms with Gasteiger partial charge in [0.2, 0.25) is 0 Å². The molecule has 4 aromatic rings. The number of rotatable bonds is 8. The van der Waals surface area contributed by atoms with Gasteiger partial charge in [-0.05, 0) is 56.2 Å². The molecule has 1 saturated heterocycles. The molecule has 3 heterocycles. The highest BCUT2D eigenvalue weighted by Crippen LogP contribution is 2.24. The topological polar surface area (TPSA) is 66.1 Å². The van der Waals surface area contributed by atoms with Crippen LogP contribution in [0.5, 0.6) is 0 Å². The Hall–Kier alpha value is -3.13. The highest BCUT2D eigenvalue weighted by molar-refractivity contribution is 6.30. The highest BCUT2D eigenvalue weighted by Gasteiger charge is 2.17. The fourth-order valence-corrected chi connectivity index (χ4v) is 4.51. The molecule has 176 valence electrons. The number of halogens is 1. The van der Waals surface area contributed by atoms with Crippen LogP contribution < -0.4 is 5.48 Å². The van der Waals surface area contributed by atoms with E-state index in [4.69, 9.17) is 26.2 Å². The Labute approximate surface area is 203 Å². The highest BCUT2D eigenvalue weighted by atomic mass is 35.5. The number of benzene rings is 2. The van der Waals surface area contributed by atoms with E-state index in [0.29, 0.717) is 17.1 Å². The van der Waals surface area contributed by atoms with Crippen molar-refractivity contribution >= 4 is 28.3 Å². The van der Waals surface area contributed by atoms with Crippen molar-refractivity contribution in [3.63, 3.8) is 0 Å². The number of aryl methyl sites for hydroxylation is 1. The first-order valence-electron chi connectivity index (χ1n) is 11.6. The lowest BCUT2D eigenvalue weighted by Gasteiger charge is -2.23. The van der Waals surface area contributed by atoms with Crippen molar-refractivity contribution < 1.29 is 9.57 Å². The van der Waals surface area contributed by atoms with E-state index < -0.39 is 0 Å². The molecule has 1 aliphatic heterocycles. The first kappa shape index (κ1) is 22.7. The maximum Gasteiger partial charge on any atom is 0.183 e. The van der Waals surface area contributed by atoms with Gasteiger partial charge in [-0.15, -0.1) is 0 Å². The molecule has 1 fully saturated rings. The summed E-state index contributed by atoms with van der Waals surface area (Å²) in [6.45, 7) is 7.81. The van der Waals surface area contributed by atoms with Gasteiger partial charge in [-0.2, -0.15) is 5.10 Å². The summed E-state index contributed by atoms with van der Waals surface area (Å²) in [5.74, 6) is 0.976. The third-order valence-corrected chi connectivity index (χ3v) is 6.29. The van der Waals surface area contributed by atoms with Crippen LogP contribution in [0.2, 0.25) is 5.02 Å². The molecule has 7 nitrogen and oxygen atoms in total. The second-order valence-corrected chi connectivity index (χ2v) is 8.80. The van der Waals surface area contributed by atoms with Gasteiger partial charge in [-0.1, -0.05) is 30.3 Å². The number of hydrogen-bond acceptors (Lipinski definition) is 5. The van der Waals surface area contributed by atoms with Crippen molar-refractivity contribution in [1.82, 2.24) is 24.8 Å². The standard InChI is InChI=1S/C26H28ClN5O2/c1-3-31-24-11-10-19(18(2)30-34-26-9-4-5-14-33-26)15-23(24)29-25(31)17-22-12-13-28-32(22)21-8-6-7-20(27)16-21/h6-8,10-13,15-16,26,30H,2-5,9,14,17H2,1H3. The Kier molecular flexibility index (Phi) is 6.67. The Morgan fingerprint density at radius 2 is 2.15 bits per heavy atom. The number of nitrogens with zero attached hydrogens (tertiary/aromatic N) is 4. The largest absolute Gasteiger partial charge is 0.350 e. The number of aromatic nitrogens is 4. The van der Waals surface area contributed by atoms with Gasteiger partial charge in [0, 0.05) is 42.8 Å². The molecule has 0 spiro atoms. The summed E-state index contributed by atoms with van der Waals surface area (Å²) in [6, 6.07) is 15.9. The van der Waals surface area contributed by atoms with Crippen molar-refractivity contribution in [3.05, 3.63) is 83.4 Å². The van der Waals surface area contributed by atoms with Crippen molar-refractivity contribution in [3.8, 4) is 5.69 Å². The van der Waals surface area contributed by atoms with E-state index in [1.807, 2.05) is 47.1 Å². The maximum atomic E-state index is 6.20. The van der Waals surface area contributed by atoms with Gasteiger partial charge in [0.15, 0.2) is 6.29 Å². The SMILES string of the molecule is C=C(NOC1CCCCO1)c1ccc2c(c1)nc(Cc1ccnn1-c1cccc(Cl)c1)n2CC. The second kappa shape index (κ2) is 10.0. The fourth-order valence-electron chi connectivity index (χ4n) is 4.32. The summed E-state index contributed by atoms with van der Waals surface area (Å²) in [7, 11) is 0. The van der Waals surface area contributed by atoms with E-state index in [0.717, 1.165) is 66.2 Å². The van der Waals surface area contributed by atoms with Crippen LogP contribution >= 0.6 is 11.6 Å². The molecule has 5 rings (SSSR count). The summed E-state index contributed by atoms with van der Waals surface area (Å²) >= 11 is 6.20. The molecule has 1 aliphatic rings. The van der Waals surface area contributed by atoms with Crippen LogP contribution in [0.3, 0.4) is 0 Å². The summed E-state index contributed by atoms with van der Waals surface area (Å²) < 4.78 is 9.75. The van der Waals surface area contributed by atoms with Gasteiger partial charge in [0.05, 0.1) is 28.1 Å². The van der Waals surface area contributed by atoms with Crippen LogP contribution in [-0.2, 0) is 22.5 Å². The third-order valence-electron chi connectivity index (χ3n) is 6.06. The van der Waals surface area contributed by atoms with Crippen molar-refractivity contribution in [2.24, 2.45) is 0 Å². The van der Waals surface area contributed by atoms with Crippen molar-refractivity contribution in [2.75, 3.05) is 6.61 Å².